The molecule has 13 heavy (non-hydrogen) atoms. The van der Waals surface area contributed by atoms with Crippen molar-refractivity contribution in [2.45, 2.75) is 32.3 Å². The Kier molecular flexibility index (Phi) is 3.04. The van der Waals surface area contributed by atoms with E-state index in [4.69, 9.17) is 0 Å². The van der Waals surface area contributed by atoms with Crippen LogP contribution in [0, 0.1) is 0 Å². The monoisotopic (exact) mass is 179 g/mol. The highest BCUT2D eigenvalue weighted by Gasteiger charge is 2.26. The Morgan fingerprint density at radius 1 is 1.62 bits per heavy atom. The molecule has 0 amide bonds. The molecule has 1 aliphatic carbocycles. The summed E-state index contributed by atoms with van der Waals surface area (Å²) in [5.74, 6) is 0. The van der Waals surface area contributed by atoms with E-state index >= 15 is 0 Å². The van der Waals surface area contributed by atoms with Crippen molar-refractivity contribution in [2.24, 2.45) is 4.99 Å². The fourth-order valence-electron chi connectivity index (χ4n) is 1.44. The second-order valence-corrected chi connectivity index (χ2v) is 3.49. The SMILES string of the molecule is CC[C@](C)(O)C1=CCC=CC1=NC. The van der Waals surface area contributed by atoms with E-state index in [0.717, 1.165) is 17.7 Å². The third-order valence-electron chi connectivity index (χ3n) is 2.52. The van der Waals surface area contributed by atoms with Crippen LogP contribution in [-0.4, -0.2) is 23.5 Å². The molecule has 0 aromatic carbocycles. The molecule has 0 aliphatic heterocycles. The van der Waals surface area contributed by atoms with Gasteiger partial charge in [0.05, 0.1) is 11.3 Å². The van der Waals surface area contributed by atoms with Crippen molar-refractivity contribution < 1.29 is 5.11 Å². The number of aliphatic hydroxyl groups is 1. The van der Waals surface area contributed by atoms with Gasteiger partial charge in [-0.3, -0.25) is 4.99 Å². The molecule has 0 saturated carbocycles. The molecular formula is C11H17NO. The molecule has 0 bridgehead atoms. The Balaban J connectivity index is 2.97. The van der Waals surface area contributed by atoms with Crippen molar-refractivity contribution in [3.05, 3.63) is 23.8 Å². The van der Waals surface area contributed by atoms with Gasteiger partial charge >= 0.3 is 0 Å². The second kappa shape index (κ2) is 3.88. The van der Waals surface area contributed by atoms with Gasteiger partial charge < -0.3 is 5.11 Å². The molecule has 1 atom stereocenters. The van der Waals surface area contributed by atoms with Crippen LogP contribution >= 0.6 is 0 Å². The van der Waals surface area contributed by atoms with Crippen LogP contribution in [0.4, 0.5) is 0 Å². The molecule has 0 radical (unpaired) electrons. The lowest BCUT2D eigenvalue weighted by Gasteiger charge is -2.26. The van der Waals surface area contributed by atoms with E-state index in [9.17, 15) is 5.11 Å². The van der Waals surface area contributed by atoms with Crippen LogP contribution in [0.2, 0.25) is 0 Å². The van der Waals surface area contributed by atoms with Crippen molar-refractivity contribution in [1.29, 1.82) is 0 Å². The predicted octanol–water partition coefficient (Wildman–Crippen LogP) is 2.10. The summed E-state index contributed by atoms with van der Waals surface area (Å²) in [5.41, 5.74) is 1.12. The van der Waals surface area contributed by atoms with Gasteiger partial charge in [0.2, 0.25) is 0 Å². The summed E-state index contributed by atoms with van der Waals surface area (Å²) >= 11 is 0. The lowest BCUT2D eigenvalue weighted by Crippen LogP contribution is -2.30. The van der Waals surface area contributed by atoms with Crippen LogP contribution < -0.4 is 0 Å². The van der Waals surface area contributed by atoms with Gasteiger partial charge in [0.15, 0.2) is 0 Å². The quantitative estimate of drug-likeness (QED) is 0.691. The molecule has 0 unspecified atom stereocenters. The molecule has 1 N–H and O–H groups in total. The van der Waals surface area contributed by atoms with Gasteiger partial charge in [0.1, 0.15) is 0 Å². The van der Waals surface area contributed by atoms with Crippen LogP contribution in [0.3, 0.4) is 0 Å². The smallest absolute Gasteiger partial charge is 0.0883 e. The lowest BCUT2D eigenvalue weighted by molar-refractivity contribution is 0.100. The molecule has 1 rings (SSSR count). The van der Waals surface area contributed by atoms with E-state index in [0.29, 0.717) is 6.42 Å². The van der Waals surface area contributed by atoms with Crippen LogP contribution in [0.5, 0.6) is 0 Å². The molecular weight excluding hydrogens is 162 g/mol. The minimum absolute atomic E-state index is 0.714. The van der Waals surface area contributed by atoms with E-state index < -0.39 is 5.60 Å². The van der Waals surface area contributed by atoms with Gasteiger partial charge in [-0.25, -0.2) is 0 Å². The van der Waals surface area contributed by atoms with Crippen molar-refractivity contribution in [3.63, 3.8) is 0 Å². The third-order valence-corrected chi connectivity index (χ3v) is 2.52. The maximum absolute atomic E-state index is 10.1. The summed E-state index contributed by atoms with van der Waals surface area (Å²) in [4.78, 5) is 4.14. The highest BCUT2D eigenvalue weighted by Crippen LogP contribution is 2.25. The molecule has 0 heterocycles. The first-order chi connectivity index (χ1) is 6.11. The minimum Gasteiger partial charge on any atom is -0.385 e. The zero-order valence-electron chi connectivity index (χ0n) is 8.54. The Bertz CT molecular complexity index is 272. The fraction of sp³-hybridized carbons (Fsp3) is 0.545. The zero-order chi connectivity index (χ0) is 9.90. The fourth-order valence-corrected chi connectivity index (χ4v) is 1.44. The van der Waals surface area contributed by atoms with E-state index in [-0.39, 0.29) is 0 Å². The average molecular weight is 179 g/mol. The van der Waals surface area contributed by atoms with Gasteiger partial charge in [-0.05, 0) is 25.8 Å². The Morgan fingerprint density at radius 3 is 2.85 bits per heavy atom. The maximum atomic E-state index is 10.1. The Labute approximate surface area is 79.7 Å². The molecule has 0 aromatic rings. The van der Waals surface area contributed by atoms with Gasteiger partial charge in [-0.1, -0.05) is 19.1 Å². The highest BCUT2D eigenvalue weighted by molar-refractivity contribution is 6.10. The van der Waals surface area contributed by atoms with Crippen LogP contribution in [0.1, 0.15) is 26.7 Å². The summed E-state index contributed by atoms with van der Waals surface area (Å²) in [7, 11) is 1.75. The molecule has 0 aromatic heterocycles. The van der Waals surface area contributed by atoms with E-state index in [1.165, 1.54) is 0 Å². The number of hydrogen-bond donors (Lipinski definition) is 1. The number of nitrogens with zero attached hydrogens (tertiary/aromatic N) is 1. The number of aliphatic imine (C=N–C) groups is 1. The average Bonchev–Trinajstić information content (AvgIpc) is 2.18. The molecule has 1 aliphatic rings. The lowest BCUT2D eigenvalue weighted by atomic mass is 9.86. The molecule has 2 nitrogen and oxygen atoms in total. The van der Waals surface area contributed by atoms with Crippen molar-refractivity contribution >= 4 is 5.71 Å². The first-order valence-electron chi connectivity index (χ1n) is 4.68. The van der Waals surface area contributed by atoms with E-state index in [2.05, 4.69) is 11.1 Å². The normalized spacial score (nSPS) is 24.3. The largest absolute Gasteiger partial charge is 0.385 e. The van der Waals surface area contributed by atoms with Crippen LogP contribution in [0.15, 0.2) is 28.8 Å². The van der Waals surface area contributed by atoms with Gasteiger partial charge in [-0.15, -0.1) is 0 Å². The van der Waals surface area contributed by atoms with Crippen molar-refractivity contribution in [3.8, 4) is 0 Å². The van der Waals surface area contributed by atoms with Crippen LogP contribution in [-0.2, 0) is 0 Å². The predicted molar refractivity (Wildman–Crippen MR) is 56.1 cm³/mol. The maximum Gasteiger partial charge on any atom is 0.0883 e. The Hall–Kier alpha value is -0.890. The molecule has 2 heteroatoms. The van der Waals surface area contributed by atoms with Gasteiger partial charge in [0.25, 0.3) is 0 Å². The standard InChI is InChI=1S/C11H17NO/c1-4-11(2,13)9-7-5-6-8-10(9)12-3/h6-8,13H,4-5H2,1-3H3/t11-/m0/s1. The van der Waals surface area contributed by atoms with Crippen molar-refractivity contribution in [1.82, 2.24) is 0 Å². The number of rotatable bonds is 2. The number of hydrogen-bond acceptors (Lipinski definition) is 2. The molecule has 0 spiro atoms. The van der Waals surface area contributed by atoms with Crippen LogP contribution in [0.25, 0.3) is 0 Å². The summed E-state index contributed by atoms with van der Waals surface area (Å²) in [5, 5.41) is 10.1. The van der Waals surface area contributed by atoms with E-state index in [1.54, 1.807) is 7.05 Å². The summed E-state index contributed by atoms with van der Waals surface area (Å²) in [6.45, 7) is 3.82. The second-order valence-electron chi connectivity index (χ2n) is 3.49. The first kappa shape index (κ1) is 10.2. The first-order valence-corrected chi connectivity index (χ1v) is 4.68. The number of allylic oxidation sites excluding steroid dienone is 3. The molecule has 0 saturated heterocycles. The Morgan fingerprint density at radius 2 is 2.31 bits per heavy atom. The topological polar surface area (TPSA) is 32.6 Å². The van der Waals surface area contributed by atoms with Gasteiger partial charge in [0, 0.05) is 12.6 Å². The van der Waals surface area contributed by atoms with Crippen molar-refractivity contribution in [2.75, 3.05) is 7.05 Å². The minimum atomic E-state index is -0.737. The third kappa shape index (κ3) is 2.07. The molecule has 72 valence electrons. The summed E-state index contributed by atoms with van der Waals surface area (Å²) < 4.78 is 0. The van der Waals surface area contributed by atoms with E-state index in [1.807, 2.05) is 26.0 Å². The highest BCUT2D eigenvalue weighted by atomic mass is 16.3. The molecule has 0 fully saturated rings. The summed E-state index contributed by atoms with van der Waals surface area (Å²) in [6, 6.07) is 0. The van der Waals surface area contributed by atoms with Gasteiger partial charge in [-0.2, -0.15) is 0 Å². The summed E-state index contributed by atoms with van der Waals surface area (Å²) in [6.07, 6.45) is 7.68. The zero-order valence-corrected chi connectivity index (χ0v) is 8.54.